The summed E-state index contributed by atoms with van der Waals surface area (Å²) in [7, 11) is 0. The van der Waals surface area contributed by atoms with Crippen LogP contribution in [0.5, 0.6) is 5.75 Å². The van der Waals surface area contributed by atoms with E-state index in [0.717, 1.165) is 27.9 Å². The fraction of sp³-hybridized carbons (Fsp3) is 0.241. The molecule has 2 amide bonds. The number of nitrogens with zero attached hydrogens (tertiary/aromatic N) is 1. The van der Waals surface area contributed by atoms with Gasteiger partial charge in [-0.05, 0) is 82.5 Å². The minimum absolute atomic E-state index is 0.0431. The molecule has 3 aromatic carbocycles. The Kier molecular flexibility index (Phi) is 6.29. The molecule has 0 aromatic heterocycles. The lowest BCUT2D eigenvalue weighted by atomic mass is 10.0. The van der Waals surface area contributed by atoms with Gasteiger partial charge in [0.05, 0.1) is 17.4 Å². The molecule has 0 radical (unpaired) electrons. The van der Waals surface area contributed by atoms with E-state index in [-0.39, 0.29) is 23.6 Å². The lowest BCUT2D eigenvalue weighted by Crippen LogP contribution is -2.33. The van der Waals surface area contributed by atoms with Gasteiger partial charge in [0.1, 0.15) is 11.4 Å². The van der Waals surface area contributed by atoms with E-state index in [9.17, 15) is 9.59 Å². The fourth-order valence-corrected chi connectivity index (χ4v) is 4.25. The van der Waals surface area contributed by atoms with Crippen LogP contribution in [0.15, 0.2) is 66.4 Å². The Balaban J connectivity index is 1.81. The number of carbonyl (C=O) groups excluding carboxylic acids is 2. The third-order valence-electron chi connectivity index (χ3n) is 5.83. The number of aryl methyl sites for hydroxylation is 4. The first kappa shape index (κ1) is 23.3. The topological polar surface area (TPSA) is 58.6 Å². The summed E-state index contributed by atoms with van der Waals surface area (Å²) < 4.78 is 5.75. The van der Waals surface area contributed by atoms with E-state index in [1.165, 1.54) is 4.90 Å². The van der Waals surface area contributed by atoms with Crippen molar-refractivity contribution in [1.29, 1.82) is 0 Å². The second-order valence-corrected chi connectivity index (χ2v) is 9.12. The van der Waals surface area contributed by atoms with Crippen LogP contribution in [0.1, 0.15) is 41.7 Å². The molecular weight excluding hydrogens is 424 g/mol. The smallest absolute Gasteiger partial charge is 0.282 e. The second-order valence-electron chi connectivity index (χ2n) is 9.12. The Labute approximate surface area is 201 Å². The summed E-state index contributed by atoms with van der Waals surface area (Å²) in [6, 6.07) is 19.0. The number of anilines is 2. The average Bonchev–Trinajstić information content (AvgIpc) is 3.00. The summed E-state index contributed by atoms with van der Waals surface area (Å²) in [6.45, 7) is 11.8. The third kappa shape index (κ3) is 4.46. The molecule has 0 saturated heterocycles. The monoisotopic (exact) mass is 454 g/mol. The SMILES string of the molecule is Cc1ccc(NC2=C(c3ccc(OC(C)C)cc3)C(=O)N(c3ccc(C)cc3C)C2=O)c(C)c1. The number of nitrogens with one attached hydrogen (secondary N) is 1. The van der Waals surface area contributed by atoms with Crippen LogP contribution < -0.4 is 15.0 Å². The Morgan fingerprint density at radius 1 is 0.765 bits per heavy atom. The Bertz CT molecular complexity index is 1300. The van der Waals surface area contributed by atoms with E-state index in [1.54, 1.807) is 0 Å². The van der Waals surface area contributed by atoms with Crippen molar-refractivity contribution >= 4 is 28.8 Å². The predicted molar refractivity (Wildman–Crippen MR) is 137 cm³/mol. The van der Waals surface area contributed by atoms with Crippen molar-refractivity contribution in [3.8, 4) is 5.75 Å². The van der Waals surface area contributed by atoms with E-state index in [1.807, 2.05) is 102 Å². The third-order valence-corrected chi connectivity index (χ3v) is 5.83. The average molecular weight is 455 g/mol. The molecule has 5 nitrogen and oxygen atoms in total. The lowest BCUT2D eigenvalue weighted by Gasteiger charge is -2.18. The fourth-order valence-electron chi connectivity index (χ4n) is 4.25. The van der Waals surface area contributed by atoms with Crippen LogP contribution in [0.25, 0.3) is 5.57 Å². The van der Waals surface area contributed by atoms with Crippen molar-refractivity contribution in [1.82, 2.24) is 0 Å². The van der Waals surface area contributed by atoms with Crippen molar-refractivity contribution in [2.45, 2.75) is 47.6 Å². The normalized spacial score (nSPS) is 13.8. The molecule has 0 fully saturated rings. The van der Waals surface area contributed by atoms with Gasteiger partial charge >= 0.3 is 0 Å². The van der Waals surface area contributed by atoms with Gasteiger partial charge in [0, 0.05) is 5.69 Å². The van der Waals surface area contributed by atoms with Crippen LogP contribution in [-0.4, -0.2) is 17.9 Å². The molecular formula is C29H30N2O3. The van der Waals surface area contributed by atoms with Crippen LogP contribution in [0.3, 0.4) is 0 Å². The van der Waals surface area contributed by atoms with Gasteiger partial charge in [0.2, 0.25) is 0 Å². The summed E-state index contributed by atoms with van der Waals surface area (Å²) in [6.07, 6.45) is 0.0431. The van der Waals surface area contributed by atoms with Crippen LogP contribution in [-0.2, 0) is 9.59 Å². The molecule has 0 spiro atoms. The molecule has 1 N–H and O–H groups in total. The summed E-state index contributed by atoms with van der Waals surface area (Å²) in [5, 5.41) is 3.28. The largest absolute Gasteiger partial charge is 0.491 e. The van der Waals surface area contributed by atoms with Gasteiger partial charge in [-0.2, -0.15) is 0 Å². The Hall–Kier alpha value is -3.86. The molecule has 34 heavy (non-hydrogen) atoms. The zero-order valence-electron chi connectivity index (χ0n) is 20.5. The first-order chi connectivity index (χ1) is 16.2. The summed E-state index contributed by atoms with van der Waals surface area (Å²) in [5.74, 6) is 0.00225. The molecule has 4 rings (SSSR count). The number of rotatable bonds is 6. The van der Waals surface area contributed by atoms with Gasteiger partial charge in [-0.3, -0.25) is 9.59 Å². The van der Waals surface area contributed by atoms with Crippen LogP contribution in [0.4, 0.5) is 11.4 Å². The van der Waals surface area contributed by atoms with Crippen molar-refractivity contribution < 1.29 is 14.3 Å². The highest BCUT2D eigenvalue weighted by atomic mass is 16.5. The van der Waals surface area contributed by atoms with Gasteiger partial charge in [-0.15, -0.1) is 0 Å². The molecule has 0 unspecified atom stereocenters. The molecule has 1 heterocycles. The summed E-state index contributed by atoms with van der Waals surface area (Å²) >= 11 is 0. The summed E-state index contributed by atoms with van der Waals surface area (Å²) in [5.41, 5.74) is 6.74. The van der Waals surface area contributed by atoms with Gasteiger partial charge in [-0.1, -0.05) is 47.5 Å². The Morgan fingerprint density at radius 3 is 1.97 bits per heavy atom. The standard InChI is InChI=1S/C29H30N2O3/c1-17(2)34-23-11-9-22(10-12-23)26-27(30-24-13-7-18(3)15-20(24)5)29(33)31(28(26)32)25-14-8-19(4)16-21(25)6/h7-17,30H,1-6H3. The predicted octanol–water partition coefficient (Wildman–Crippen LogP) is 6.10. The van der Waals surface area contributed by atoms with Gasteiger partial charge < -0.3 is 10.1 Å². The highest BCUT2D eigenvalue weighted by Gasteiger charge is 2.41. The number of amides is 2. The number of hydrogen-bond acceptors (Lipinski definition) is 4. The highest BCUT2D eigenvalue weighted by molar-refractivity contribution is 6.46. The molecule has 0 saturated carbocycles. The van der Waals surface area contributed by atoms with E-state index >= 15 is 0 Å². The lowest BCUT2D eigenvalue weighted by molar-refractivity contribution is -0.120. The molecule has 5 heteroatoms. The number of benzene rings is 3. The minimum atomic E-state index is -0.366. The van der Waals surface area contributed by atoms with Gasteiger partial charge in [0.25, 0.3) is 11.8 Å². The minimum Gasteiger partial charge on any atom is -0.491 e. The first-order valence-corrected chi connectivity index (χ1v) is 11.5. The summed E-state index contributed by atoms with van der Waals surface area (Å²) in [4.78, 5) is 28.7. The van der Waals surface area contributed by atoms with E-state index < -0.39 is 0 Å². The van der Waals surface area contributed by atoms with Gasteiger partial charge in [-0.25, -0.2) is 4.90 Å². The molecule has 1 aliphatic heterocycles. The highest BCUT2D eigenvalue weighted by Crippen LogP contribution is 2.36. The molecule has 3 aromatic rings. The van der Waals surface area contributed by atoms with E-state index in [4.69, 9.17) is 4.74 Å². The second kappa shape index (κ2) is 9.18. The maximum Gasteiger partial charge on any atom is 0.282 e. The number of carbonyl (C=O) groups is 2. The maximum atomic E-state index is 13.7. The van der Waals surface area contributed by atoms with Crippen LogP contribution >= 0.6 is 0 Å². The number of hydrogen-bond donors (Lipinski definition) is 1. The maximum absolute atomic E-state index is 13.7. The molecule has 0 aliphatic carbocycles. The molecule has 174 valence electrons. The van der Waals surface area contributed by atoms with Crippen molar-refractivity contribution in [3.63, 3.8) is 0 Å². The van der Waals surface area contributed by atoms with Crippen molar-refractivity contribution in [2.24, 2.45) is 0 Å². The van der Waals surface area contributed by atoms with Crippen LogP contribution in [0.2, 0.25) is 0 Å². The number of imide groups is 1. The van der Waals surface area contributed by atoms with Gasteiger partial charge in [0.15, 0.2) is 0 Å². The van der Waals surface area contributed by atoms with E-state index in [0.29, 0.717) is 22.6 Å². The van der Waals surface area contributed by atoms with Crippen molar-refractivity contribution in [2.75, 3.05) is 10.2 Å². The molecule has 1 aliphatic rings. The van der Waals surface area contributed by atoms with Crippen molar-refractivity contribution in [3.05, 3.63) is 94.2 Å². The molecule has 0 bridgehead atoms. The van der Waals surface area contributed by atoms with E-state index in [2.05, 4.69) is 5.32 Å². The number of ether oxygens (including phenoxy) is 1. The first-order valence-electron chi connectivity index (χ1n) is 11.5. The molecule has 0 atom stereocenters. The van der Waals surface area contributed by atoms with Crippen LogP contribution in [0, 0.1) is 27.7 Å². The zero-order chi connectivity index (χ0) is 24.6. The quantitative estimate of drug-likeness (QED) is 0.457. The Morgan fingerprint density at radius 2 is 1.38 bits per heavy atom. The zero-order valence-corrected chi connectivity index (χ0v) is 20.5.